The average Bonchev–Trinajstić information content (AvgIpc) is 3.15. The highest BCUT2D eigenvalue weighted by Gasteiger charge is 2.44. The fourth-order valence-electron chi connectivity index (χ4n) is 4.25. The third-order valence-electron chi connectivity index (χ3n) is 5.85. The fourth-order valence-corrected chi connectivity index (χ4v) is 4.25. The van der Waals surface area contributed by atoms with Gasteiger partial charge in [-0.15, -0.1) is 0 Å². The number of imidazole rings is 1. The number of para-hydroxylation sites is 2. The van der Waals surface area contributed by atoms with Gasteiger partial charge in [0.25, 0.3) is 0 Å². The molecule has 2 aromatic rings. The first kappa shape index (κ1) is 17.3. The summed E-state index contributed by atoms with van der Waals surface area (Å²) < 4.78 is 0. The molecule has 26 heavy (non-hydrogen) atoms. The van der Waals surface area contributed by atoms with Gasteiger partial charge >= 0.3 is 0 Å². The standard InChI is InChI=1S/C21H28N4O/c1-16(2)7-10-25-15-21(13-20(25)26)8-11-24(12-9-21)14-19-22-17-5-3-4-6-18(17)23-19/h3-7H,8-15H2,1-2H3,(H,22,23). The summed E-state index contributed by atoms with van der Waals surface area (Å²) in [6, 6.07) is 8.18. The molecule has 4 rings (SSSR count). The van der Waals surface area contributed by atoms with Gasteiger partial charge in [0.05, 0.1) is 17.6 Å². The fraction of sp³-hybridized carbons (Fsp3) is 0.524. The Labute approximate surface area is 155 Å². The number of nitrogens with one attached hydrogen (secondary N) is 1. The van der Waals surface area contributed by atoms with Crippen LogP contribution in [0.3, 0.4) is 0 Å². The van der Waals surface area contributed by atoms with Crippen molar-refractivity contribution in [3.63, 3.8) is 0 Å². The number of aromatic nitrogens is 2. The smallest absolute Gasteiger partial charge is 0.223 e. The Balaban J connectivity index is 1.35. The number of piperidine rings is 1. The van der Waals surface area contributed by atoms with Gasteiger partial charge in [0.15, 0.2) is 0 Å². The zero-order chi connectivity index (χ0) is 18.1. The quantitative estimate of drug-likeness (QED) is 0.859. The van der Waals surface area contributed by atoms with E-state index in [0.717, 1.165) is 68.8 Å². The number of aromatic amines is 1. The molecule has 1 spiro atoms. The lowest BCUT2D eigenvalue weighted by Crippen LogP contribution is -2.41. The molecule has 0 bridgehead atoms. The third kappa shape index (κ3) is 3.54. The van der Waals surface area contributed by atoms with E-state index in [1.54, 1.807) is 0 Å². The van der Waals surface area contributed by atoms with Gasteiger partial charge in [-0.25, -0.2) is 4.98 Å². The molecule has 2 fully saturated rings. The van der Waals surface area contributed by atoms with Crippen LogP contribution in [-0.2, 0) is 11.3 Å². The van der Waals surface area contributed by atoms with Gasteiger partial charge in [0, 0.05) is 19.5 Å². The zero-order valence-corrected chi connectivity index (χ0v) is 15.8. The number of likely N-dealkylation sites (tertiary alicyclic amines) is 2. The lowest BCUT2D eigenvalue weighted by atomic mass is 9.77. The monoisotopic (exact) mass is 352 g/mol. The Kier molecular flexibility index (Phi) is 4.57. The van der Waals surface area contributed by atoms with Crippen LogP contribution in [-0.4, -0.2) is 51.9 Å². The SMILES string of the molecule is CC(C)=CCN1CC2(CCN(Cc3nc4ccccc4[nH]3)CC2)CC1=O. The summed E-state index contributed by atoms with van der Waals surface area (Å²) in [6.45, 7) is 8.82. The number of hydrogen-bond donors (Lipinski definition) is 1. The highest BCUT2D eigenvalue weighted by Crippen LogP contribution is 2.41. The minimum Gasteiger partial charge on any atom is -0.341 e. The van der Waals surface area contributed by atoms with Crippen molar-refractivity contribution in [2.45, 2.75) is 39.7 Å². The van der Waals surface area contributed by atoms with Gasteiger partial charge in [-0.2, -0.15) is 0 Å². The molecular formula is C21H28N4O. The maximum Gasteiger partial charge on any atom is 0.223 e. The van der Waals surface area contributed by atoms with Crippen LogP contribution in [0.25, 0.3) is 11.0 Å². The van der Waals surface area contributed by atoms with Crippen LogP contribution in [0, 0.1) is 5.41 Å². The number of amides is 1. The minimum atomic E-state index is 0.191. The van der Waals surface area contributed by atoms with Crippen molar-refractivity contribution in [2.24, 2.45) is 5.41 Å². The molecule has 5 nitrogen and oxygen atoms in total. The van der Waals surface area contributed by atoms with Crippen molar-refractivity contribution in [1.29, 1.82) is 0 Å². The van der Waals surface area contributed by atoms with E-state index >= 15 is 0 Å². The first-order valence-electron chi connectivity index (χ1n) is 9.60. The number of allylic oxidation sites excluding steroid dienone is 1. The molecule has 1 aromatic heterocycles. The van der Waals surface area contributed by atoms with Crippen molar-refractivity contribution in [3.05, 3.63) is 41.7 Å². The lowest BCUT2D eigenvalue weighted by Gasteiger charge is -2.38. The summed E-state index contributed by atoms with van der Waals surface area (Å²) in [5.74, 6) is 1.36. The number of hydrogen-bond acceptors (Lipinski definition) is 3. The van der Waals surface area contributed by atoms with Gasteiger partial charge in [-0.1, -0.05) is 23.8 Å². The molecular weight excluding hydrogens is 324 g/mol. The molecule has 0 radical (unpaired) electrons. The van der Waals surface area contributed by atoms with Crippen molar-refractivity contribution >= 4 is 16.9 Å². The second-order valence-corrected chi connectivity index (χ2v) is 8.21. The summed E-state index contributed by atoms with van der Waals surface area (Å²) in [5, 5.41) is 0. The minimum absolute atomic E-state index is 0.191. The lowest BCUT2D eigenvalue weighted by molar-refractivity contribution is -0.127. The number of fused-ring (bicyclic) bond motifs is 1. The topological polar surface area (TPSA) is 52.2 Å². The van der Waals surface area contributed by atoms with Crippen molar-refractivity contribution < 1.29 is 4.79 Å². The first-order chi connectivity index (χ1) is 12.5. The first-order valence-corrected chi connectivity index (χ1v) is 9.60. The van der Waals surface area contributed by atoms with Gasteiger partial charge in [0.2, 0.25) is 5.91 Å². The largest absolute Gasteiger partial charge is 0.341 e. The number of H-pyrrole nitrogens is 1. The van der Waals surface area contributed by atoms with Crippen molar-refractivity contribution in [2.75, 3.05) is 26.2 Å². The second kappa shape index (κ2) is 6.88. The van der Waals surface area contributed by atoms with E-state index in [-0.39, 0.29) is 5.41 Å². The van der Waals surface area contributed by atoms with Crippen LogP contribution >= 0.6 is 0 Å². The Morgan fingerprint density at radius 3 is 2.77 bits per heavy atom. The van der Waals surface area contributed by atoms with Gasteiger partial charge < -0.3 is 9.88 Å². The van der Waals surface area contributed by atoms with Crippen molar-refractivity contribution in [3.8, 4) is 0 Å². The zero-order valence-electron chi connectivity index (χ0n) is 15.8. The highest BCUT2D eigenvalue weighted by atomic mass is 16.2. The van der Waals surface area contributed by atoms with Crippen LogP contribution in [0.5, 0.6) is 0 Å². The molecule has 0 saturated carbocycles. The summed E-state index contributed by atoms with van der Waals surface area (Å²) in [6.07, 6.45) is 5.09. The van der Waals surface area contributed by atoms with Crippen LogP contribution in [0.15, 0.2) is 35.9 Å². The van der Waals surface area contributed by atoms with Crippen LogP contribution in [0.2, 0.25) is 0 Å². The third-order valence-corrected chi connectivity index (χ3v) is 5.85. The summed E-state index contributed by atoms with van der Waals surface area (Å²) in [5.41, 5.74) is 3.61. The Morgan fingerprint density at radius 1 is 1.27 bits per heavy atom. The number of benzene rings is 1. The molecule has 2 aliphatic rings. The van der Waals surface area contributed by atoms with E-state index in [9.17, 15) is 4.79 Å². The predicted octanol–water partition coefficient (Wildman–Crippen LogP) is 3.34. The molecule has 0 aliphatic carbocycles. The van der Waals surface area contributed by atoms with Crippen molar-refractivity contribution in [1.82, 2.24) is 19.8 Å². The summed E-state index contributed by atoms with van der Waals surface area (Å²) in [4.78, 5) is 25.0. The maximum absolute atomic E-state index is 12.4. The molecule has 3 heterocycles. The molecule has 138 valence electrons. The molecule has 2 saturated heterocycles. The molecule has 5 heteroatoms. The van der Waals surface area contributed by atoms with E-state index in [4.69, 9.17) is 4.98 Å². The number of nitrogens with zero attached hydrogens (tertiary/aromatic N) is 3. The molecule has 0 unspecified atom stereocenters. The molecule has 0 atom stereocenters. The van der Waals surface area contributed by atoms with E-state index in [1.807, 2.05) is 23.1 Å². The molecule has 1 N–H and O–H groups in total. The normalized spacial score (nSPS) is 20.2. The molecule has 2 aliphatic heterocycles. The van der Waals surface area contributed by atoms with E-state index in [1.165, 1.54) is 5.57 Å². The van der Waals surface area contributed by atoms with Gasteiger partial charge in [-0.3, -0.25) is 9.69 Å². The van der Waals surface area contributed by atoms with E-state index in [0.29, 0.717) is 5.91 Å². The Hall–Kier alpha value is -2.14. The Morgan fingerprint density at radius 2 is 2.04 bits per heavy atom. The summed E-state index contributed by atoms with van der Waals surface area (Å²) >= 11 is 0. The second-order valence-electron chi connectivity index (χ2n) is 8.21. The Bertz CT molecular complexity index is 792. The number of carbonyl (C=O) groups excluding carboxylic acids is 1. The molecule has 1 aromatic carbocycles. The highest BCUT2D eigenvalue weighted by molar-refractivity contribution is 5.79. The molecule has 1 amide bonds. The predicted molar refractivity (Wildman–Crippen MR) is 104 cm³/mol. The van der Waals surface area contributed by atoms with Crippen LogP contribution in [0.1, 0.15) is 38.9 Å². The van der Waals surface area contributed by atoms with E-state index < -0.39 is 0 Å². The summed E-state index contributed by atoms with van der Waals surface area (Å²) in [7, 11) is 0. The van der Waals surface area contributed by atoms with Crippen LogP contribution < -0.4 is 0 Å². The van der Waals surface area contributed by atoms with E-state index in [2.05, 4.69) is 35.9 Å². The van der Waals surface area contributed by atoms with Crippen LogP contribution in [0.4, 0.5) is 0 Å². The number of rotatable bonds is 4. The number of carbonyl (C=O) groups is 1. The maximum atomic E-state index is 12.4. The average molecular weight is 352 g/mol. The van der Waals surface area contributed by atoms with Gasteiger partial charge in [-0.05, 0) is 57.3 Å². The van der Waals surface area contributed by atoms with Gasteiger partial charge in [0.1, 0.15) is 5.82 Å².